The number of hydrogen-bond acceptors (Lipinski definition) is 4. The molecule has 4 nitrogen and oxygen atoms in total. The van der Waals surface area contributed by atoms with Crippen LogP contribution in [0.5, 0.6) is 11.5 Å². The number of benzene rings is 2. The summed E-state index contributed by atoms with van der Waals surface area (Å²) in [5.41, 5.74) is 2.48. The van der Waals surface area contributed by atoms with E-state index in [-0.39, 0.29) is 11.8 Å². The lowest BCUT2D eigenvalue weighted by atomic mass is 9.92. The highest BCUT2D eigenvalue weighted by atomic mass is 35.5. The van der Waals surface area contributed by atoms with Gasteiger partial charge < -0.3 is 14.8 Å². The third-order valence-corrected chi connectivity index (χ3v) is 4.17. The van der Waals surface area contributed by atoms with Crippen LogP contribution >= 0.6 is 11.6 Å². The number of rotatable bonds is 4. The first kappa shape index (κ1) is 15.7. The molecule has 0 bridgehead atoms. The topological polar surface area (TPSA) is 47.6 Å². The molecule has 0 saturated heterocycles. The minimum atomic E-state index is -0.139. The van der Waals surface area contributed by atoms with Gasteiger partial charge in [0.2, 0.25) is 0 Å². The number of ether oxygens (including phenoxy) is 2. The zero-order valence-corrected chi connectivity index (χ0v) is 13.8. The number of hydrogen-bond donors (Lipinski definition) is 1. The number of methoxy groups -OCH3 is 1. The van der Waals surface area contributed by atoms with Crippen LogP contribution in [0.4, 0.5) is 5.69 Å². The Morgan fingerprint density at radius 2 is 2.09 bits per heavy atom. The monoisotopic (exact) mass is 331 g/mol. The van der Waals surface area contributed by atoms with Gasteiger partial charge in [-0.15, -0.1) is 0 Å². The molecule has 23 heavy (non-hydrogen) atoms. The van der Waals surface area contributed by atoms with Crippen LogP contribution in [0.1, 0.15) is 35.3 Å². The van der Waals surface area contributed by atoms with E-state index in [2.05, 4.69) is 5.32 Å². The molecule has 1 aliphatic rings. The standard InChI is InChI=1S/C18H18ClNO3/c1-3-23-18-13(19)8-11(9-17(18)22-2)15-10-16(21)12-6-4-5-7-14(12)20-15/h4-9,15,20H,3,10H2,1-2H3. The van der Waals surface area contributed by atoms with Crippen molar-refractivity contribution in [3.63, 3.8) is 0 Å². The second-order valence-electron chi connectivity index (χ2n) is 5.34. The van der Waals surface area contributed by atoms with Gasteiger partial charge in [0, 0.05) is 17.7 Å². The zero-order valence-electron chi connectivity index (χ0n) is 13.1. The summed E-state index contributed by atoms with van der Waals surface area (Å²) in [5, 5.41) is 3.88. The fraction of sp³-hybridized carbons (Fsp3) is 0.278. The maximum absolute atomic E-state index is 12.3. The summed E-state index contributed by atoms with van der Waals surface area (Å²) in [4.78, 5) is 12.3. The molecule has 1 heterocycles. The van der Waals surface area contributed by atoms with Crippen molar-refractivity contribution < 1.29 is 14.3 Å². The van der Waals surface area contributed by atoms with Gasteiger partial charge >= 0.3 is 0 Å². The van der Waals surface area contributed by atoms with E-state index in [1.165, 1.54) is 0 Å². The van der Waals surface area contributed by atoms with Crippen LogP contribution in [-0.2, 0) is 0 Å². The van der Waals surface area contributed by atoms with Crippen LogP contribution in [0.25, 0.3) is 0 Å². The number of anilines is 1. The maximum atomic E-state index is 12.3. The first-order valence-electron chi connectivity index (χ1n) is 7.53. The predicted octanol–water partition coefficient (Wildman–Crippen LogP) is 4.49. The summed E-state index contributed by atoms with van der Waals surface area (Å²) in [6.07, 6.45) is 0.379. The van der Waals surface area contributed by atoms with Crippen molar-refractivity contribution >= 4 is 23.1 Å². The van der Waals surface area contributed by atoms with E-state index in [1.807, 2.05) is 43.3 Å². The fourth-order valence-electron chi connectivity index (χ4n) is 2.81. The highest BCUT2D eigenvalue weighted by Gasteiger charge is 2.26. The SMILES string of the molecule is CCOc1c(Cl)cc(C2CC(=O)c3ccccc3N2)cc1OC. The first-order chi connectivity index (χ1) is 11.1. The summed E-state index contributed by atoms with van der Waals surface area (Å²) >= 11 is 6.33. The van der Waals surface area contributed by atoms with E-state index in [9.17, 15) is 4.79 Å². The quantitative estimate of drug-likeness (QED) is 0.897. The van der Waals surface area contributed by atoms with Crippen LogP contribution < -0.4 is 14.8 Å². The largest absolute Gasteiger partial charge is 0.493 e. The van der Waals surface area contributed by atoms with Crippen molar-refractivity contribution in [2.75, 3.05) is 19.0 Å². The van der Waals surface area contributed by atoms with Crippen molar-refractivity contribution in [3.8, 4) is 11.5 Å². The summed E-state index contributed by atoms with van der Waals surface area (Å²) in [6, 6.07) is 11.1. The van der Waals surface area contributed by atoms with Crippen LogP contribution in [0.3, 0.4) is 0 Å². The van der Waals surface area contributed by atoms with Gasteiger partial charge in [-0.2, -0.15) is 0 Å². The summed E-state index contributed by atoms with van der Waals surface area (Å²) in [6.45, 7) is 2.39. The van der Waals surface area contributed by atoms with E-state index in [4.69, 9.17) is 21.1 Å². The molecule has 3 rings (SSSR count). The highest BCUT2D eigenvalue weighted by Crippen LogP contribution is 2.40. The molecule has 0 saturated carbocycles. The van der Waals surface area contributed by atoms with E-state index in [0.717, 1.165) is 16.8 Å². The van der Waals surface area contributed by atoms with Crippen molar-refractivity contribution in [1.82, 2.24) is 0 Å². The highest BCUT2D eigenvalue weighted by molar-refractivity contribution is 6.32. The Kier molecular flexibility index (Phi) is 4.44. The van der Waals surface area contributed by atoms with Crippen molar-refractivity contribution in [1.29, 1.82) is 0 Å². The Bertz CT molecular complexity index is 745. The van der Waals surface area contributed by atoms with Gasteiger partial charge in [-0.05, 0) is 36.8 Å². The van der Waals surface area contributed by atoms with Gasteiger partial charge in [0.25, 0.3) is 0 Å². The van der Waals surface area contributed by atoms with Crippen LogP contribution in [0.15, 0.2) is 36.4 Å². The maximum Gasteiger partial charge on any atom is 0.179 e. The molecular weight excluding hydrogens is 314 g/mol. The number of ketones is 1. The van der Waals surface area contributed by atoms with Crippen LogP contribution in [0, 0.1) is 0 Å². The molecule has 0 spiro atoms. The van der Waals surface area contributed by atoms with Gasteiger partial charge in [-0.25, -0.2) is 0 Å². The van der Waals surface area contributed by atoms with Crippen LogP contribution in [0.2, 0.25) is 5.02 Å². The van der Waals surface area contributed by atoms with E-state index in [0.29, 0.717) is 29.5 Å². The Labute approximate surface area is 140 Å². The van der Waals surface area contributed by atoms with E-state index in [1.54, 1.807) is 7.11 Å². The zero-order chi connectivity index (χ0) is 16.4. The second-order valence-corrected chi connectivity index (χ2v) is 5.74. The summed E-state index contributed by atoms with van der Waals surface area (Å²) in [5.74, 6) is 1.22. The van der Waals surface area contributed by atoms with Gasteiger partial charge in [-0.3, -0.25) is 4.79 Å². The van der Waals surface area contributed by atoms with Crippen LogP contribution in [-0.4, -0.2) is 19.5 Å². The molecule has 1 aliphatic heterocycles. The average Bonchev–Trinajstić information content (AvgIpc) is 2.56. The predicted molar refractivity (Wildman–Crippen MR) is 90.9 cm³/mol. The van der Waals surface area contributed by atoms with Crippen molar-refractivity contribution in [3.05, 3.63) is 52.5 Å². The molecule has 1 unspecified atom stereocenters. The lowest BCUT2D eigenvalue weighted by Crippen LogP contribution is -2.22. The first-order valence-corrected chi connectivity index (χ1v) is 7.90. The minimum absolute atomic E-state index is 0.119. The van der Waals surface area contributed by atoms with Crippen molar-refractivity contribution in [2.24, 2.45) is 0 Å². The summed E-state index contributed by atoms with van der Waals surface area (Å²) in [7, 11) is 1.58. The lowest BCUT2D eigenvalue weighted by Gasteiger charge is -2.27. The molecular formula is C18H18ClNO3. The molecule has 0 radical (unpaired) electrons. The molecule has 0 aromatic heterocycles. The van der Waals surface area contributed by atoms with Crippen molar-refractivity contribution in [2.45, 2.75) is 19.4 Å². The van der Waals surface area contributed by atoms with Gasteiger partial charge in [0.05, 0.1) is 24.8 Å². The number of halogens is 1. The Morgan fingerprint density at radius 3 is 2.83 bits per heavy atom. The number of nitrogens with one attached hydrogen (secondary N) is 1. The Morgan fingerprint density at radius 1 is 1.30 bits per heavy atom. The average molecular weight is 332 g/mol. The molecule has 2 aromatic rings. The lowest BCUT2D eigenvalue weighted by molar-refractivity contribution is 0.0972. The number of carbonyl (C=O) groups is 1. The smallest absolute Gasteiger partial charge is 0.179 e. The molecule has 1 N–H and O–H groups in total. The number of para-hydroxylation sites is 1. The second kappa shape index (κ2) is 6.50. The Hall–Kier alpha value is -2.20. The van der Waals surface area contributed by atoms with E-state index < -0.39 is 0 Å². The molecule has 0 aliphatic carbocycles. The third kappa shape index (κ3) is 2.99. The molecule has 1 atom stereocenters. The Balaban J connectivity index is 1.97. The molecule has 120 valence electrons. The number of carbonyl (C=O) groups excluding carboxylic acids is 1. The summed E-state index contributed by atoms with van der Waals surface area (Å²) < 4.78 is 10.9. The van der Waals surface area contributed by atoms with E-state index >= 15 is 0 Å². The van der Waals surface area contributed by atoms with Gasteiger partial charge in [0.1, 0.15) is 0 Å². The normalized spacial score (nSPS) is 16.5. The third-order valence-electron chi connectivity index (χ3n) is 3.89. The number of fused-ring (bicyclic) bond motifs is 1. The molecule has 2 aromatic carbocycles. The fourth-order valence-corrected chi connectivity index (χ4v) is 3.09. The van der Waals surface area contributed by atoms with Gasteiger partial charge in [0.15, 0.2) is 17.3 Å². The molecule has 0 amide bonds. The minimum Gasteiger partial charge on any atom is -0.493 e. The van der Waals surface area contributed by atoms with Gasteiger partial charge in [-0.1, -0.05) is 23.7 Å². The molecule has 5 heteroatoms. The molecule has 0 fully saturated rings. The number of Topliss-reactive ketones (excluding diaryl/α,β-unsaturated/α-hetero) is 1.